The summed E-state index contributed by atoms with van der Waals surface area (Å²) in [7, 11) is 0. The highest BCUT2D eigenvalue weighted by atomic mass is 16.5. The van der Waals surface area contributed by atoms with E-state index in [9.17, 15) is 14.4 Å². The van der Waals surface area contributed by atoms with E-state index in [1.807, 2.05) is 5.32 Å². The summed E-state index contributed by atoms with van der Waals surface area (Å²) in [5.74, 6) is -1.74. The topological polar surface area (TPSA) is 107 Å². The Morgan fingerprint density at radius 3 is 2.39 bits per heavy atom. The minimum Gasteiger partial charge on any atom is -0.462 e. The summed E-state index contributed by atoms with van der Waals surface area (Å²) in [6, 6.07) is 3.56. The predicted octanol–water partition coefficient (Wildman–Crippen LogP) is 0.891. The Balaban J connectivity index is 2.74. The number of esters is 1. The van der Waals surface area contributed by atoms with Gasteiger partial charge in [-0.1, -0.05) is 0 Å². The molecule has 0 saturated carbocycles. The van der Waals surface area contributed by atoms with Crippen LogP contribution < -0.4 is 10.6 Å². The molecule has 2 amide bonds. The van der Waals surface area contributed by atoms with Crippen LogP contribution in [0.25, 0.3) is 0 Å². The summed E-state index contributed by atoms with van der Waals surface area (Å²) in [5, 5.41) is 4.77. The predicted molar refractivity (Wildman–Crippen MR) is 81.0 cm³/mol. The second kappa shape index (κ2) is 9.93. The van der Waals surface area contributed by atoms with Gasteiger partial charge in [0.05, 0.1) is 13.2 Å². The number of rotatable bonds is 7. The molecule has 0 aliphatic rings. The molecule has 124 valence electrons. The van der Waals surface area contributed by atoms with Gasteiger partial charge in [0, 0.05) is 25.1 Å². The molecule has 2 N–H and O–H groups in total. The number of imide groups is 1. The van der Waals surface area contributed by atoms with Gasteiger partial charge < -0.3 is 14.8 Å². The largest absolute Gasteiger partial charge is 0.462 e. The monoisotopic (exact) mass is 321 g/mol. The second-order valence-electron chi connectivity index (χ2n) is 4.19. The Morgan fingerprint density at radius 1 is 1.13 bits per heavy atom. The lowest BCUT2D eigenvalue weighted by atomic mass is 10.2. The lowest BCUT2D eigenvalue weighted by molar-refractivity contribution is -0.140. The van der Waals surface area contributed by atoms with Crippen molar-refractivity contribution < 1.29 is 23.9 Å². The molecule has 1 aromatic heterocycles. The fraction of sp³-hybridized carbons (Fsp3) is 0.333. The molecule has 0 spiro atoms. The number of pyridine rings is 1. The van der Waals surface area contributed by atoms with Crippen molar-refractivity contribution >= 4 is 18.0 Å². The highest BCUT2D eigenvalue weighted by Crippen LogP contribution is 2.00. The van der Waals surface area contributed by atoms with Crippen LogP contribution in [-0.2, 0) is 25.6 Å². The highest BCUT2D eigenvalue weighted by molar-refractivity contribution is 6.19. The molecule has 0 atom stereocenters. The summed E-state index contributed by atoms with van der Waals surface area (Å²) >= 11 is 0. The molecule has 1 aromatic rings. The van der Waals surface area contributed by atoms with Gasteiger partial charge in [-0.3, -0.25) is 15.1 Å². The summed E-state index contributed by atoms with van der Waals surface area (Å²) in [4.78, 5) is 38.9. The maximum Gasteiger partial charge on any atom is 0.414 e. The SMILES string of the molecule is CCOC(=O)NC(=O)/C(=C/NCc1ccncc1)C(=O)OCC. The quantitative estimate of drug-likeness (QED) is 0.332. The van der Waals surface area contributed by atoms with Crippen molar-refractivity contribution in [2.45, 2.75) is 20.4 Å². The van der Waals surface area contributed by atoms with Crippen molar-refractivity contribution in [2.75, 3.05) is 13.2 Å². The lowest BCUT2D eigenvalue weighted by Crippen LogP contribution is -2.35. The molecule has 23 heavy (non-hydrogen) atoms. The molecule has 8 heteroatoms. The number of carbonyl (C=O) groups is 3. The molecule has 0 aliphatic heterocycles. The van der Waals surface area contributed by atoms with E-state index in [0.29, 0.717) is 6.54 Å². The third-order valence-electron chi connectivity index (χ3n) is 2.53. The van der Waals surface area contributed by atoms with Crippen LogP contribution in [0, 0.1) is 0 Å². The average Bonchev–Trinajstić information content (AvgIpc) is 2.52. The molecule has 8 nitrogen and oxygen atoms in total. The van der Waals surface area contributed by atoms with E-state index in [1.54, 1.807) is 38.4 Å². The first-order chi connectivity index (χ1) is 11.1. The van der Waals surface area contributed by atoms with Crippen molar-refractivity contribution in [2.24, 2.45) is 0 Å². The molecule has 0 bridgehead atoms. The molecule has 1 rings (SSSR count). The minimum absolute atomic E-state index is 0.104. The van der Waals surface area contributed by atoms with Gasteiger partial charge in [-0.05, 0) is 31.5 Å². The molecule has 0 fully saturated rings. The Bertz CT molecular complexity index is 572. The molecule has 0 saturated heterocycles. The molecular formula is C15H19N3O5. The van der Waals surface area contributed by atoms with Crippen molar-refractivity contribution in [1.82, 2.24) is 15.6 Å². The second-order valence-corrected chi connectivity index (χ2v) is 4.19. The molecule has 0 aliphatic carbocycles. The van der Waals surface area contributed by atoms with E-state index in [2.05, 4.69) is 15.0 Å². The van der Waals surface area contributed by atoms with Gasteiger partial charge in [-0.15, -0.1) is 0 Å². The molecule has 1 heterocycles. The zero-order valence-electron chi connectivity index (χ0n) is 13.0. The number of hydrogen-bond donors (Lipinski definition) is 2. The standard InChI is InChI=1S/C15H19N3O5/c1-3-22-14(20)12(13(19)18-15(21)23-4-2)10-17-9-11-5-7-16-8-6-11/h5-8,10,17H,3-4,9H2,1-2H3,(H,18,19,21)/b12-10-. The van der Waals surface area contributed by atoms with E-state index < -0.39 is 18.0 Å². The van der Waals surface area contributed by atoms with Crippen LogP contribution in [0.3, 0.4) is 0 Å². The minimum atomic E-state index is -0.929. The lowest BCUT2D eigenvalue weighted by Gasteiger charge is -2.08. The Labute approximate surface area is 133 Å². The van der Waals surface area contributed by atoms with E-state index in [-0.39, 0.29) is 18.8 Å². The Kier molecular flexibility index (Phi) is 7.84. The van der Waals surface area contributed by atoms with Crippen LogP contribution in [0.5, 0.6) is 0 Å². The molecule has 0 unspecified atom stereocenters. The van der Waals surface area contributed by atoms with Gasteiger partial charge in [0.25, 0.3) is 5.91 Å². The number of alkyl carbamates (subject to hydrolysis) is 1. The normalized spacial score (nSPS) is 10.6. The number of ether oxygens (including phenoxy) is 2. The van der Waals surface area contributed by atoms with E-state index in [1.165, 1.54) is 6.20 Å². The van der Waals surface area contributed by atoms with Gasteiger partial charge in [0.1, 0.15) is 5.57 Å². The van der Waals surface area contributed by atoms with Crippen molar-refractivity contribution in [3.63, 3.8) is 0 Å². The Morgan fingerprint density at radius 2 is 1.78 bits per heavy atom. The first kappa shape index (κ1) is 18.1. The fourth-order valence-corrected chi connectivity index (χ4v) is 1.52. The van der Waals surface area contributed by atoms with Gasteiger partial charge >= 0.3 is 12.1 Å². The van der Waals surface area contributed by atoms with E-state index in [4.69, 9.17) is 4.74 Å². The first-order valence-electron chi connectivity index (χ1n) is 7.06. The number of carbonyl (C=O) groups excluding carboxylic acids is 3. The zero-order valence-corrected chi connectivity index (χ0v) is 13.0. The summed E-state index contributed by atoms with van der Waals surface area (Å²) in [5.41, 5.74) is 0.583. The van der Waals surface area contributed by atoms with E-state index in [0.717, 1.165) is 5.56 Å². The van der Waals surface area contributed by atoms with Gasteiger partial charge in [0.15, 0.2) is 0 Å². The fourth-order valence-electron chi connectivity index (χ4n) is 1.52. The van der Waals surface area contributed by atoms with Crippen LogP contribution in [0.4, 0.5) is 4.79 Å². The number of aromatic nitrogens is 1. The first-order valence-corrected chi connectivity index (χ1v) is 7.06. The number of nitrogens with zero attached hydrogens (tertiary/aromatic N) is 1. The maximum atomic E-state index is 12.0. The molecule has 0 radical (unpaired) electrons. The number of amides is 2. The van der Waals surface area contributed by atoms with Crippen LogP contribution >= 0.6 is 0 Å². The van der Waals surface area contributed by atoms with Crippen molar-refractivity contribution in [3.8, 4) is 0 Å². The maximum absolute atomic E-state index is 12.0. The summed E-state index contributed by atoms with van der Waals surface area (Å²) in [6.07, 6.45) is 3.52. The number of hydrogen-bond acceptors (Lipinski definition) is 7. The van der Waals surface area contributed by atoms with Gasteiger partial charge in [0.2, 0.25) is 0 Å². The molecule has 0 aromatic carbocycles. The van der Waals surface area contributed by atoms with Crippen molar-refractivity contribution in [1.29, 1.82) is 0 Å². The van der Waals surface area contributed by atoms with Gasteiger partial charge in [-0.2, -0.15) is 0 Å². The van der Waals surface area contributed by atoms with E-state index >= 15 is 0 Å². The third kappa shape index (κ3) is 6.60. The smallest absolute Gasteiger partial charge is 0.414 e. The summed E-state index contributed by atoms with van der Waals surface area (Å²) < 4.78 is 9.40. The van der Waals surface area contributed by atoms with Crippen molar-refractivity contribution in [3.05, 3.63) is 41.9 Å². The van der Waals surface area contributed by atoms with Crippen LogP contribution in [0.1, 0.15) is 19.4 Å². The Hall–Kier alpha value is -2.90. The molecular weight excluding hydrogens is 302 g/mol. The highest BCUT2D eigenvalue weighted by Gasteiger charge is 2.22. The van der Waals surface area contributed by atoms with Gasteiger partial charge in [-0.25, -0.2) is 9.59 Å². The van der Waals surface area contributed by atoms with Crippen LogP contribution in [0.15, 0.2) is 36.3 Å². The third-order valence-corrected chi connectivity index (χ3v) is 2.53. The average molecular weight is 321 g/mol. The number of nitrogens with one attached hydrogen (secondary N) is 2. The summed E-state index contributed by atoms with van der Waals surface area (Å²) in [6.45, 7) is 3.80. The van der Waals surface area contributed by atoms with Crippen LogP contribution in [0.2, 0.25) is 0 Å². The van der Waals surface area contributed by atoms with Crippen LogP contribution in [-0.4, -0.2) is 36.2 Å². The zero-order chi connectivity index (χ0) is 17.1.